The number of ether oxygens (including phenoxy) is 1. The van der Waals surface area contributed by atoms with Crippen molar-refractivity contribution >= 4 is 32.5 Å². The van der Waals surface area contributed by atoms with Crippen LogP contribution in [0.15, 0.2) is 71.6 Å². The Hall–Kier alpha value is -3.03. The van der Waals surface area contributed by atoms with Gasteiger partial charge in [-0.3, -0.25) is 4.79 Å². The molecule has 0 aromatic heterocycles. The molecule has 0 spiro atoms. The third-order valence-electron chi connectivity index (χ3n) is 7.47. The minimum atomic E-state index is -3.78. The molecule has 3 aromatic carbocycles. The summed E-state index contributed by atoms with van der Waals surface area (Å²) in [7, 11) is -3.78. The van der Waals surface area contributed by atoms with E-state index in [0.717, 1.165) is 30.0 Å². The van der Waals surface area contributed by atoms with E-state index in [1.54, 1.807) is 22.5 Å². The highest BCUT2D eigenvalue weighted by Gasteiger charge is 2.53. The van der Waals surface area contributed by atoms with Crippen LogP contribution in [0.4, 0.5) is 0 Å². The van der Waals surface area contributed by atoms with Crippen LogP contribution in [0.5, 0.6) is 0 Å². The van der Waals surface area contributed by atoms with Crippen molar-refractivity contribution in [2.24, 2.45) is 10.8 Å². The van der Waals surface area contributed by atoms with Gasteiger partial charge < -0.3 is 4.74 Å². The maximum Gasteiger partial charge on any atom is 0.338 e. The van der Waals surface area contributed by atoms with Gasteiger partial charge in [-0.15, -0.1) is 0 Å². The number of carbonyl (C=O) groups excluding carboxylic acids is 2. The minimum absolute atomic E-state index is 0.0437. The number of benzene rings is 3. The lowest BCUT2D eigenvalue weighted by atomic mass is 9.65. The molecule has 1 heterocycles. The van der Waals surface area contributed by atoms with Crippen LogP contribution >= 0.6 is 0 Å². The van der Waals surface area contributed by atoms with Gasteiger partial charge in [0.15, 0.2) is 6.61 Å². The van der Waals surface area contributed by atoms with Crippen LogP contribution < -0.4 is 0 Å². The lowest BCUT2D eigenvalue weighted by Gasteiger charge is -2.39. The fourth-order valence-corrected chi connectivity index (χ4v) is 8.19. The Balaban J connectivity index is 1.32. The Kier molecular flexibility index (Phi) is 6.04. The number of sulfonamides is 1. The first-order chi connectivity index (χ1) is 17.0. The number of hydrogen-bond donors (Lipinski definition) is 0. The summed E-state index contributed by atoms with van der Waals surface area (Å²) in [6.45, 7) is 6.62. The standard InChI is InChI=1S/C29H31NO5S/c1-28(2)15-22-16-29(3,18-28)19-30(22)36(33,34)23-11-6-10-21(14-23)27(32)35-17-26(31)25-13-7-9-20-8-4-5-12-24(20)25/h4-14,22H,15-19H2,1-3H3. The molecule has 0 N–H and O–H groups in total. The number of esters is 1. The number of fused-ring (bicyclic) bond motifs is 3. The van der Waals surface area contributed by atoms with Crippen molar-refractivity contribution in [3.05, 3.63) is 77.9 Å². The predicted molar refractivity (Wildman–Crippen MR) is 138 cm³/mol. The molecule has 0 amide bonds. The second-order valence-corrected chi connectivity index (χ2v) is 13.2. The van der Waals surface area contributed by atoms with Gasteiger partial charge in [0.1, 0.15) is 0 Å². The van der Waals surface area contributed by atoms with Crippen LogP contribution in [0.3, 0.4) is 0 Å². The van der Waals surface area contributed by atoms with Gasteiger partial charge in [-0.2, -0.15) is 4.31 Å². The van der Waals surface area contributed by atoms with E-state index in [1.165, 1.54) is 18.2 Å². The van der Waals surface area contributed by atoms with E-state index in [4.69, 9.17) is 4.74 Å². The van der Waals surface area contributed by atoms with Gasteiger partial charge in [-0.25, -0.2) is 13.2 Å². The molecular weight excluding hydrogens is 474 g/mol. The van der Waals surface area contributed by atoms with Crippen molar-refractivity contribution in [1.82, 2.24) is 4.31 Å². The first-order valence-electron chi connectivity index (χ1n) is 12.3. The van der Waals surface area contributed by atoms with E-state index in [9.17, 15) is 18.0 Å². The zero-order valence-corrected chi connectivity index (χ0v) is 21.7. The molecule has 2 unspecified atom stereocenters. The molecule has 2 fully saturated rings. The van der Waals surface area contributed by atoms with E-state index in [0.29, 0.717) is 12.1 Å². The average Bonchev–Trinajstić information content (AvgIpc) is 3.11. The van der Waals surface area contributed by atoms with Gasteiger partial charge in [0.25, 0.3) is 0 Å². The van der Waals surface area contributed by atoms with Crippen molar-refractivity contribution in [2.45, 2.75) is 51.0 Å². The first-order valence-corrected chi connectivity index (χ1v) is 13.7. The second kappa shape index (κ2) is 8.82. The highest BCUT2D eigenvalue weighted by molar-refractivity contribution is 7.89. The zero-order chi connectivity index (χ0) is 25.7. The van der Waals surface area contributed by atoms with E-state index in [-0.39, 0.29) is 33.1 Å². The average molecular weight is 506 g/mol. The summed E-state index contributed by atoms with van der Waals surface area (Å²) >= 11 is 0. The van der Waals surface area contributed by atoms with Crippen LogP contribution in [0.25, 0.3) is 10.8 Å². The maximum atomic E-state index is 13.6. The maximum absolute atomic E-state index is 13.6. The van der Waals surface area contributed by atoms with Crippen molar-refractivity contribution in [1.29, 1.82) is 0 Å². The molecule has 1 saturated carbocycles. The van der Waals surface area contributed by atoms with E-state index >= 15 is 0 Å². The van der Waals surface area contributed by atoms with Crippen molar-refractivity contribution in [3.63, 3.8) is 0 Å². The van der Waals surface area contributed by atoms with Gasteiger partial charge in [-0.1, -0.05) is 69.3 Å². The summed E-state index contributed by atoms with van der Waals surface area (Å²) in [5.74, 6) is -1.04. The minimum Gasteiger partial charge on any atom is -0.454 e. The molecule has 2 atom stereocenters. The molecule has 1 aliphatic heterocycles. The lowest BCUT2D eigenvalue weighted by molar-refractivity contribution is 0.0475. The van der Waals surface area contributed by atoms with Crippen molar-refractivity contribution < 1.29 is 22.7 Å². The highest BCUT2D eigenvalue weighted by atomic mass is 32.2. The Morgan fingerprint density at radius 1 is 0.972 bits per heavy atom. The molecule has 188 valence electrons. The quantitative estimate of drug-likeness (QED) is 0.328. The number of nitrogens with zero attached hydrogens (tertiary/aromatic N) is 1. The van der Waals surface area contributed by atoms with E-state index in [1.807, 2.05) is 30.3 Å². The number of hydrogen-bond acceptors (Lipinski definition) is 5. The van der Waals surface area contributed by atoms with Crippen LogP contribution in [-0.2, 0) is 14.8 Å². The van der Waals surface area contributed by atoms with E-state index in [2.05, 4.69) is 20.8 Å². The Bertz CT molecular complexity index is 1460. The molecule has 0 radical (unpaired) electrons. The van der Waals surface area contributed by atoms with Crippen LogP contribution in [0.1, 0.15) is 60.7 Å². The number of Topliss-reactive ketones (excluding diaryl/α,β-unsaturated/α-hetero) is 1. The Morgan fingerprint density at radius 3 is 2.50 bits per heavy atom. The molecule has 6 nitrogen and oxygen atoms in total. The topological polar surface area (TPSA) is 80.8 Å². The Labute approximate surface area is 212 Å². The molecule has 1 aliphatic carbocycles. The number of rotatable bonds is 6. The lowest BCUT2D eigenvalue weighted by Crippen LogP contribution is -2.37. The summed E-state index contributed by atoms with van der Waals surface area (Å²) in [6.07, 6.45) is 2.66. The molecule has 5 rings (SSSR count). The van der Waals surface area contributed by atoms with Crippen LogP contribution in [-0.4, -0.2) is 43.7 Å². The summed E-state index contributed by atoms with van der Waals surface area (Å²) in [5, 5.41) is 1.72. The summed E-state index contributed by atoms with van der Waals surface area (Å²) < 4.78 is 34.1. The SMILES string of the molecule is CC1(C)CC2CC(C)(CN2S(=O)(=O)c2cccc(C(=O)OCC(=O)c3cccc4ccccc34)c2)C1. The van der Waals surface area contributed by atoms with Crippen LogP contribution in [0.2, 0.25) is 0 Å². The zero-order valence-electron chi connectivity index (χ0n) is 20.9. The normalized spacial score (nSPS) is 23.5. The largest absolute Gasteiger partial charge is 0.454 e. The molecule has 2 aliphatic rings. The van der Waals surface area contributed by atoms with Gasteiger partial charge >= 0.3 is 5.97 Å². The van der Waals surface area contributed by atoms with Gasteiger partial charge in [-0.05, 0) is 59.1 Å². The summed E-state index contributed by atoms with van der Waals surface area (Å²) in [6, 6.07) is 18.8. The molecule has 36 heavy (non-hydrogen) atoms. The van der Waals surface area contributed by atoms with Crippen LogP contribution in [0, 0.1) is 10.8 Å². The summed E-state index contributed by atoms with van der Waals surface area (Å²) in [5.41, 5.74) is 0.631. The van der Waals surface area contributed by atoms with Gasteiger partial charge in [0.05, 0.1) is 10.5 Å². The van der Waals surface area contributed by atoms with Gasteiger partial charge in [0, 0.05) is 18.2 Å². The second-order valence-electron chi connectivity index (χ2n) is 11.3. The fourth-order valence-electron chi connectivity index (χ4n) is 6.37. The fraction of sp³-hybridized carbons (Fsp3) is 0.379. The smallest absolute Gasteiger partial charge is 0.338 e. The van der Waals surface area contributed by atoms with Crippen molar-refractivity contribution in [2.75, 3.05) is 13.2 Å². The van der Waals surface area contributed by atoms with E-state index < -0.39 is 22.6 Å². The first kappa shape index (κ1) is 24.7. The molecular formula is C29H31NO5S. The molecule has 7 heteroatoms. The Morgan fingerprint density at radius 2 is 1.69 bits per heavy atom. The molecule has 2 bridgehead atoms. The molecule has 1 saturated heterocycles. The van der Waals surface area contributed by atoms with Gasteiger partial charge in [0.2, 0.25) is 15.8 Å². The summed E-state index contributed by atoms with van der Waals surface area (Å²) in [4.78, 5) is 25.7. The van der Waals surface area contributed by atoms with Crippen molar-refractivity contribution in [3.8, 4) is 0 Å². The monoisotopic (exact) mass is 505 g/mol. The third kappa shape index (κ3) is 4.58. The predicted octanol–water partition coefficient (Wildman–Crippen LogP) is 5.47. The molecule has 3 aromatic rings. The number of carbonyl (C=O) groups is 2. The third-order valence-corrected chi connectivity index (χ3v) is 9.36. The highest BCUT2D eigenvalue weighted by Crippen LogP contribution is 2.53. The number of ketones is 1.